The topological polar surface area (TPSA) is 34.7 Å². The number of allylic oxidation sites excluding steroid dienone is 4. The third-order valence-corrected chi connectivity index (χ3v) is 4.82. The van der Waals surface area contributed by atoms with Crippen molar-refractivity contribution in [3.8, 4) is 0 Å². The predicted molar refractivity (Wildman–Crippen MR) is 95.8 cm³/mol. The van der Waals surface area contributed by atoms with Crippen LogP contribution >= 0.6 is 0 Å². The maximum atomic E-state index is 4.94. The van der Waals surface area contributed by atoms with Crippen molar-refractivity contribution in [3.63, 3.8) is 0 Å². The molecule has 0 aromatic carbocycles. The highest BCUT2D eigenvalue weighted by Gasteiger charge is 2.55. The van der Waals surface area contributed by atoms with Crippen molar-refractivity contribution in [2.75, 3.05) is 14.1 Å². The van der Waals surface area contributed by atoms with Crippen molar-refractivity contribution in [3.05, 3.63) is 65.9 Å². The van der Waals surface area contributed by atoms with E-state index in [4.69, 9.17) is 4.99 Å². The molecule has 0 radical (unpaired) electrons. The van der Waals surface area contributed by atoms with E-state index in [1.54, 1.807) is 0 Å². The largest absolute Gasteiger partial charge is 0.360 e. The van der Waals surface area contributed by atoms with Crippen molar-refractivity contribution >= 4 is 11.7 Å². The van der Waals surface area contributed by atoms with E-state index >= 15 is 0 Å². The molecule has 0 saturated carbocycles. The fourth-order valence-electron chi connectivity index (χ4n) is 3.69. The Morgan fingerprint density at radius 2 is 1.96 bits per heavy atom. The molecular weight excluding hydrogens is 298 g/mol. The lowest BCUT2D eigenvalue weighted by Crippen LogP contribution is -2.46. The Morgan fingerprint density at radius 3 is 2.67 bits per heavy atom. The first-order chi connectivity index (χ1) is 11.6. The van der Waals surface area contributed by atoms with Crippen LogP contribution in [0, 0.1) is 0 Å². The molecule has 5 heteroatoms. The summed E-state index contributed by atoms with van der Waals surface area (Å²) in [4.78, 5) is 14.2. The second-order valence-corrected chi connectivity index (χ2v) is 6.52. The second-order valence-electron chi connectivity index (χ2n) is 6.52. The number of guanidine groups is 1. The predicted octanol–water partition coefficient (Wildman–Crippen LogP) is 2.20. The van der Waals surface area contributed by atoms with Gasteiger partial charge >= 0.3 is 5.96 Å². The van der Waals surface area contributed by atoms with Crippen molar-refractivity contribution in [1.29, 1.82) is 0 Å². The highest BCUT2D eigenvalue weighted by molar-refractivity contribution is 6.08. The fraction of sp³-hybridized carbons (Fsp3) is 0.316. The zero-order valence-electron chi connectivity index (χ0n) is 14.5. The molecule has 3 aliphatic heterocycles. The summed E-state index contributed by atoms with van der Waals surface area (Å²) in [6.07, 6.45) is 10.4. The normalized spacial score (nSPS) is 25.0. The zero-order valence-corrected chi connectivity index (χ0v) is 14.5. The summed E-state index contributed by atoms with van der Waals surface area (Å²) in [6, 6.07) is 6.36. The number of pyridine rings is 1. The highest BCUT2D eigenvalue weighted by atomic mass is 15.5. The van der Waals surface area contributed by atoms with Crippen molar-refractivity contribution < 1.29 is 4.58 Å². The number of aliphatic imine (C=N–C) groups is 1. The van der Waals surface area contributed by atoms with Gasteiger partial charge in [0.1, 0.15) is 11.8 Å². The smallest absolute Gasteiger partial charge is 0.269 e. The molecule has 5 nitrogen and oxygen atoms in total. The molecule has 2 unspecified atom stereocenters. The van der Waals surface area contributed by atoms with Crippen LogP contribution in [0.1, 0.15) is 19.5 Å². The summed E-state index contributed by atoms with van der Waals surface area (Å²) in [5.41, 5.74) is 4.21. The molecule has 24 heavy (non-hydrogen) atoms. The van der Waals surface area contributed by atoms with Crippen LogP contribution in [-0.2, 0) is 0 Å². The van der Waals surface area contributed by atoms with Crippen molar-refractivity contribution in [1.82, 2.24) is 14.8 Å². The van der Waals surface area contributed by atoms with Gasteiger partial charge in [0.25, 0.3) is 0 Å². The number of nitrogens with zero attached hydrogens (tertiary/aromatic N) is 5. The third-order valence-electron chi connectivity index (χ3n) is 4.82. The van der Waals surface area contributed by atoms with Crippen LogP contribution in [0.5, 0.6) is 0 Å². The van der Waals surface area contributed by atoms with Gasteiger partial charge in [-0.15, -0.1) is 0 Å². The first-order valence-electron chi connectivity index (χ1n) is 8.24. The van der Waals surface area contributed by atoms with Gasteiger partial charge < -0.3 is 0 Å². The van der Waals surface area contributed by atoms with E-state index in [2.05, 4.69) is 71.7 Å². The summed E-state index contributed by atoms with van der Waals surface area (Å²) in [6.45, 7) is 4.22. The minimum atomic E-state index is 0.127. The first-order valence-corrected chi connectivity index (χ1v) is 8.24. The van der Waals surface area contributed by atoms with Crippen molar-refractivity contribution in [2.45, 2.75) is 25.9 Å². The number of hydrogen-bond acceptors (Lipinski definition) is 2. The van der Waals surface area contributed by atoms with E-state index in [0.29, 0.717) is 0 Å². The average molecular weight is 320 g/mol. The van der Waals surface area contributed by atoms with Crippen LogP contribution in [0.15, 0.2) is 65.2 Å². The Balaban J connectivity index is 1.94. The van der Waals surface area contributed by atoms with Gasteiger partial charge in [0.15, 0.2) is 6.04 Å². The third kappa shape index (κ3) is 2.04. The number of aromatic nitrogens is 1. The first kappa shape index (κ1) is 14.9. The SMILES string of the molecule is CC1=C(C)N2C(=[N+](C)C)N3C=CC=CC3C2C(c2ccccn2)=N1. The second kappa shape index (κ2) is 5.44. The Morgan fingerprint density at radius 1 is 1.12 bits per heavy atom. The number of rotatable bonds is 1. The van der Waals surface area contributed by atoms with E-state index in [9.17, 15) is 0 Å². The maximum Gasteiger partial charge on any atom is 0.360 e. The van der Waals surface area contributed by atoms with Crippen LogP contribution in [0.2, 0.25) is 0 Å². The quantitative estimate of drug-likeness (QED) is 0.744. The Kier molecular flexibility index (Phi) is 3.37. The average Bonchev–Trinajstić information content (AvgIpc) is 2.94. The van der Waals surface area contributed by atoms with E-state index in [1.165, 1.54) is 11.7 Å². The van der Waals surface area contributed by atoms with Crippen molar-refractivity contribution in [2.24, 2.45) is 4.99 Å². The molecule has 0 bridgehead atoms. The van der Waals surface area contributed by atoms with Gasteiger partial charge in [-0.3, -0.25) is 9.56 Å². The summed E-state index contributed by atoms with van der Waals surface area (Å²) in [5, 5.41) is 0. The van der Waals surface area contributed by atoms with Crippen LogP contribution in [-0.4, -0.2) is 57.2 Å². The molecule has 0 aliphatic carbocycles. The molecule has 0 spiro atoms. The van der Waals surface area contributed by atoms with Gasteiger partial charge in [0.05, 0.1) is 37.4 Å². The molecule has 3 aliphatic rings. The molecule has 0 amide bonds. The van der Waals surface area contributed by atoms with Gasteiger partial charge in [-0.25, -0.2) is 14.8 Å². The molecule has 2 atom stereocenters. The van der Waals surface area contributed by atoms with Crippen LogP contribution in [0.3, 0.4) is 0 Å². The Hall–Kier alpha value is -2.69. The lowest BCUT2D eigenvalue weighted by molar-refractivity contribution is -0.474. The molecule has 1 saturated heterocycles. The van der Waals surface area contributed by atoms with Crippen LogP contribution in [0.25, 0.3) is 0 Å². The summed E-state index contributed by atoms with van der Waals surface area (Å²) < 4.78 is 2.18. The molecule has 1 aromatic rings. The van der Waals surface area contributed by atoms with Gasteiger partial charge in [0.2, 0.25) is 0 Å². The summed E-state index contributed by atoms with van der Waals surface area (Å²) in [5.74, 6) is 1.17. The van der Waals surface area contributed by atoms with Crippen LogP contribution < -0.4 is 0 Å². The van der Waals surface area contributed by atoms with Gasteiger partial charge in [-0.1, -0.05) is 12.1 Å². The summed E-state index contributed by atoms with van der Waals surface area (Å²) in [7, 11) is 4.19. The zero-order chi connectivity index (χ0) is 16.8. The van der Waals surface area contributed by atoms with E-state index in [0.717, 1.165) is 17.1 Å². The lowest BCUT2D eigenvalue weighted by Gasteiger charge is -2.28. The standard InChI is InChI=1S/C19H22N5/c1-13-14(2)24-18(17(21-13)15-9-5-7-11-20-15)16-10-6-8-12-23(16)19(24)22(3)4/h5-12,16,18H,1-4H3/q+1. The molecule has 1 fully saturated rings. The monoisotopic (exact) mass is 320 g/mol. The summed E-state index contributed by atoms with van der Waals surface area (Å²) >= 11 is 0. The van der Waals surface area contributed by atoms with E-state index < -0.39 is 0 Å². The van der Waals surface area contributed by atoms with Gasteiger partial charge in [-0.05, 0) is 38.1 Å². The molecule has 4 heterocycles. The number of fused-ring (bicyclic) bond motifs is 3. The highest BCUT2D eigenvalue weighted by Crippen LogP contribution is 2.36. The lowest BCUT2D eigenvalue weighted by atomic mass is 9.96. The van der Waals surface area contributed by atoms with Gasteiger partial charge in [0, 0.05) is 6.20 Å². The molecular formula is C19H22N5+. The van der Waals surface area contributed by atoms with E-state index in [1.807, 2.05) is 24.4 Å². The minimum absolute atomic E-state index is 0.127. The molecule has 4 rings (SSSR count). The molecule has 122 valence electrons. The Labute approximate surface area is 142 Å². The number of hydrogen-bond donors (Lipinski definition) is 0. The molecule has 0 N–H and O–H groups in total. The van der Waals surface area contributed by atoms with E-state index in [-0.39, 0.29) is 12.1 Å². The van der Waals surface area contributed by atoms with Crippen LogP contribution in [0.4, 0.5) is 0 Å². The fourth-order valence-corrected chi connectivity index (χ4v) is 3.69. The molecule has 1 aromatic heterocycles. The Bertz CT molecular complexity index is 825. The maximum absolute atomic E-state index is 4.94. The minimum Gasteiger partial charge on any atom is -0.269 e. The van der Waals surface area contributed by atoms with Gasteiger partial charge in [-0.2, -0.15) is 0 Å².